The van der Waals surface area contributed by atoms with Crippen LogP contribution in [0.4, 0.5) is 0 Å². The number of hydrogen-bond donors (Lipinski definition) is 0. The first-order valence-corrected chi connectivity index (χ1v) is 10.2. The summed E-state index contributed by atoms with van der Waals surface area (Å²) in [6, 6.07) is 8.73. The number of carbonyl (C=O) groups is 1. The molecule has 6 nitrogen and oxygen atoms in total. The van der Waals surface area contributed by atoms with Gasteiger partial charge in [0.15, 0.2) is 0 Å². The van der Waals surface area contributed by atoms with E-state index in [2.05, 4.69) is 32.3 Å². The number of para-hydroxylation sites is 2. The SMILES string of the molecule is Cc1nc2ccccc2n1CCC(=O)N1CCC(N2CCO[C@H](C)C2)CC1. The van der Waals surface area contributed by atoms with E-state index in [9.17, 15) is 4.79 Å². The number of likely N-dealkylation sites (tertiary alicyclic amines) is 1. The largest absolute Gasteiger partial charge is 0.376 e. The van der Waals surface area contributed by atoms with E-state index in [0.717, 1.165) is 62.5 Å². The van der Waals surface area contributed by atoms with Crippen LogP contribution in [0, 0.1) is 6.92 Å². The molecule has 2 saturated heterocycles. The van der Waals surface area contributed by atoms with Crippen molar-refractivity contribution in [2.75, 3.05) is 32.8 Å². The summed E-state index contributed by atoms with van der Waals surface area (Å²) in [7, 11) is 0. The van der Waals surface area contributed by atoms with Crippen LogP contribution in [0.3, 0.4) is 0 Å². The van der Waals surface area contributed by atoms with Crippen molar-refractivity contribution in [3.05, 3.63) is 30.1 Å². The molecule has 2 aliphatic heterocycles. The maximum absolute atomic E-state index is 12.7. The molecule has 0 N–H and O–H groups in total. The molecule has 2 aliphatic rings. The number of benzene rings is 1. The van der Waals surface area contributed by atoms with Gasteiger partial charge in [0, 0.05) is 45.2 Å². The molecular weight excluding hydrogens is 340 g/mol. The highest BCUT2D eigenvalue weighted by atomic mass is 16.5. The standard InChI is InChI=1S/C21H30N4O2/c1-16-15-24(13-14-27-16)18-7-10-23(11-8-18)21(26)9-12-25-17(2)22-19-5-3-4-6-20(19)25/h3-6,16,18H,7-15H2,1-2H3/t16-/m1/s1. The molecule has 1 aromatic heterocycles. The Balaban J connectivity index is 1.30. The highest BCUT2D eigenvalue weighted by Gasteiger charge is 2.29. The molecule has 4 rings (SSSR count). The van der Waals surface area contributed by atoms with Crippen molar-refractivity contribution >= 4 is 16.9 Å². The van der Waals surface area contributed by atoms with Gasteiger partial charge in [-0.1, -0.05) is 12.1 Å². The fourth-order valence-electron chi connectivity index (χ4n) is 4.50. The van der Waals surface area contributed by atoms with Gasteiger partial charge >= 0.3 is 0 Å². The molecule has 0 spiro atoms. The van der Waals surface area contributed by atoms with E-state index in [1.54, 1.807) is 0 Å². The van der Waals surface area contributed by atoms with Gasteiger partial charge in [-0.2, -0.15) is 0 Å². The smallest absolute Gasteiger partial charge is 0.224 e. The van der Waals surface area contributed by atoms with E-state index in [0.29, 0.717) is 25.1 Å². The van der Waals surface area contributed by atoms with Gasteiger partial charge < -0.3 is 14.2 Å². The molecule has 146 valence electrons. The fraction of sp³-hybridized carbons (Fsp3) is 0.619. The minimum atomic E-state index is 0.265. The normalized spacial score (nSPS) is 22.4. The van der Waals surface area contributed by atoms with Crippen LogP contribution in [0.25, 0.3) is 11.0 Å². The molecule has 0 unspecified atom stereocenters. The van der Waals surface area contributed by atoms with E-state index in [1.807, 2.05) is 25.1 Å². The monoisotopic (exact) mass is 370 g/mol. The number of morpholine rings is 1. The van der Waals surface area contributed by atoms with Crippen molar-refractivity contribution in [1.82, 2.24) is 19.4 Å². The molecule has 1 aromatic carbocycles. The van der Waals surface area contributed by atoms with E-state index in [4.69, 9.17) is 4.74 Å². The van der Waals surface area contributed by atoms with E-state index < -0.39 is 0 Å². The summed E-state index contributed by atoms with van der Waals surface area (Å²) in [6.07, 6.45) is 3.02. The van der Waals surface area contributed by atoms with Gasteiger partial charge in [-0.25, -0.2) is 4.98 Å². The van der Waals surface area contributed by atoms with Gasteiger partial charge in [0.25, 0.3) is 0 Å². The first kappa shape index (κ1) is 18.4. The Morgan fingerprint density at radius 2 is 2.00 bits per heavy atom. The van der Waals surface area contributed by atoms with Crippen LogP contribution in [0.5, 0.6) is 0 Å². The molecule has 0 saturated carbocycles. The Morgan fingerprint density at radius 3 is 2.78 bits per heavy atom. The number of carbonyl (C=O) groups excluding carboxylic acids is 1. The molecular formula is C21H30N4O2. The lowest BCUT2D eigenvalue weighted by molar-refractivity contribution is -0.133. The predicted octanol–water partition coefficient (Wildman–Crippen LogP) is 2.45. The average Bonchev–Trinajstić information content (AvgIpc) is 3.01. The minimum Gasteiger partial charge on any atom is -0.376 e. The van der Waals surface area contributed by atoms with Gasteiger partial charge in [0.1, 0.15) is 5.82 Å². The molecule has 3 heterocycles. The number of hydrogen-bond acceptors (Lipinski definition) is 4. The Kier molecular flexibility index (Phi) is 5.45. The molecule has 2 fully saturated rings. The molecule has 1 amide bonds. The highest BCUT2D eigenvalue weighted by molar-refractivity contribution is 5.78. The summed E-state index contributed by atoms with van der Waals surface area (Å²) in [4.78, 5) is 21.9. The maximum atomic E-state index is 12.7. The molecule has 0 aliphatic carbocycles. The highest BCUT2D eigenvalue weighted by Crippen LogP contribution is 2.21. The van der Waals surface area contributed by atoms with E-state index >= 15 is 0 Å². The van der Waals surface area contributed by atoms with Crippen molar-refractivity contribution in [2.24, 2.45) is 0 Å². The zero-order valence-electron chi connectivity index (χ0n) is 16.4. The van der Waals surface area contributed by atoms with Crippen molar-refractivity contribution in [3.63, 3.8) is 0 Å². The second kappa shape index (κ2) is 7.98. The third-order valence-electron chi connectivity index (χ3n) is 6.00. The second-order valence-electron chi connectivity index (χ2n) is 7.84. The number of aryl methyl sites for hydroxylation is 2. The summed E-state index contributed by atoms with van der Waals surface area (Å²) in [5.74, 6) is 1.24. The first-order chi connectivity index (χ1) is 13.1. The zero-order chi connectivity index (χ0) is 18.8. The van der Waals surface area contributed by atoms with Crippen LogP contribution < -0.4 is 0 Å². The molecule has 1 atom stereocenters. The Labute approximate surface area is 161 Å². The van der Waals surface area contributed by atoms with Crippen molar-refractivity contribution in [2.45, 2.75) is 51.8 Å². The quantitative estimate of drug-likeness (QED) is 0.830. The van der Waals surface area contributed by atoms with Crippen LogP contribution in [0.15, 0.2) is 24.3 Å². The summed E-state index contributed by atoms with van der Waals surface area (Å²) >= 11 is 0. The third kappa shape index (κ3) is 4.01. The van der Waals surface area contributed by atoms with Crippen LogP contribution in [0.2, 0.25) is 0 Å². The summed E-state index contributed by atoms with van der Waals surface area (Å²) in [5.41, 5.74) is 2.12. The molecule has 2 aromatic rings. The number of ether oxygens (including phenoxy) is 1. The number of imidazole rings is 1. The Hall–Kier alpha value is -1.92. The predicted molar refractivity (Wildman–Crippen MR) is 106 cm³/mol. The number of amides is 1. The first-order valence-electron chi connectivity index (χ1n) is 10.2. The van der Waals surface area contributed by atoms with Crippen LogP contribution in [-0.4, -0.2) is 70.2 Å². The van der Waals surface area contributed by atoms with E-state index in [-0.39, 0.29) is 5.91 Å². The summed E-state index contributed by atoms with van der Waals surface area (Å²) in [5, 5.41) is 0. The van der Waals surface area contributed by atoms with Gasteiger partial charge in [0.05, 0.1) is 23.7 Å². The van der Waals surface area contributed by atoms with Crippen LogP contribution >= 0.6 is 0 Å². The van der Waals surface area contributed by atoms with Crippen LogP contribution in [0.1, 0.15) is 32.0 Å². The zero-order valence-corrected chi connectivity index (χ0v) is 16.4. The lowest BCUT2D eigenvalue weighted by atomic mass is 10.0. The Bertz CT molecular complexity index is 795. The fourth-order valence-corrected chi connectivity index (χ4v) is 4.50. The lowest BCUT2D eigenvalue weighted by Gasteiger charge is -2.41. The number of piperidine rings is 1. The molecule has 6 heteroatoms. The number of nitrogens with zero attached hydrogens (tertiary/aromatic N) is 4. The van der Waals surface area contributed by atoms with Gasteiger partial charge in [0.2, 0.25) is 5.91 Å². The van der Waals surface area contributed by atoms with Crippen molar-refractivity contribution in [1.29, 1.82) is 0 Å². The number of aromatic nitrogens is 2. The third-order valence-corrected chi connectivity index (χ3v) is 6.00. The lowest BCUT2D eigenvalue weighted by Crippen LogP contribution is -2.51. The van der Waals surface area contributed by atoms with Crippen molar-refractivity contribution < 1.29 is 9.53 Å². The second-order valence-corrected chi connectivity index (χ2v) is 7.84. The van der Waals surface area contributed by atoms with E-state index in [1.165, 1.54) is 0 Å². The minimum absolute atomic E-state index is 0.265. The van der Waals surface area contributed by atoms with Crippen molar-refractivity contribution in [3.8, 4) is 0 Å². The topological polar surface area (TPSA) is 50.6 Å². The Morgan fingerprint density at radius 1 is 1.22 bits per heavy atom. The number of rotatable bonds is 4. The number of fused-ring (bicyclic) bond motifs is 1. The molecule has 0 bridgehead atoms. The molecule has 27 heavy (non-hydrogen) atoms. The molecule has 0 radical (unpaired) electrons. The average molecular weight is 370 g/mol. The summed E-state index contributed by atoms with van der Waals surface area (Å²) < 4.78 is 7.81. The van der Waals surface area contributed by atoms with Gasteiger partial charge in [-0.3, -0.25) is 9.69 Å². The van der Waals surface area contributed by atoms with Gasteiger partial charge in [-0.15, -0.1) is 0 Å². The van der Waals surface area contributed by atoms with Crippen LogP contribution in [-0.2, 0) is 16.1 Å². The van der Waals surface area contributed by atoms with Gasteiger partial charge in [-0.05, 0) is 38.8 Å². The summed E-state index contributed by atoms with van der Waals surface area (Å²) in [6.45, 7) is 9.48. The maximum Gasteiger partial charge on any atom is 0.224 e.